The maximum Gasteiger partial charge on any atom is 0.490 e. The van der Waals surface area contributed by atoms with Crippen molar-refractivity contribution >= 4 is 40.6 Å². The maximum atomic E-state index is 12.8. The topological polar surface area (TPSA) is 150 Å². The number of H-pyrrole nitrogens is 1. The van der Waals surface area contributed by atoms with Gasteiger partial charge in [0.25, 0.3) is 5.91 Å². The minimum atomic E-state index is -5.08. The molecule has 6 N–H and O–H groups in total. The standard InChI is InChI=1S/C26H23N5O2.C2HF3O2/c27-21(12-11-16-7-3-1-4-8-16)26(33)29-18-13-19-23-20(15-28-31-25(19)32)24(30-22(23)14-18)17-9-5-2-6-10-17;3-2(4,5)1(6)7/h1-10,13-15,21,30H,11-12,27H2,(H,29,33)(H,31,32);(H,6,7)/t21-;/m0./s1. The average Bonchev–Trinajstić information content (AvgIpc) is 3.21. The van der Waals surface area contributed by atoms with Crippen LogP contribution < -0.4 is 16.5 Å². The van der Waals surface area contributed by atoms with E-state index in [1.165, 1.54) is 0 Å². The number of rotatable bonds is 6. The number of carboxylic acids is 1. The number of carboxylic acid groups (broad SMARTS) is 1. The third-order valence-electron chi connectivity index (χ3n) is 6.04. The van der Waals surface area contributed by atoms with Crippen molar-refractivity contribution in [3.8, 4) is 11.3 Å². The van der Waals surface area contributed by atoms with E-state index >= 15 is 0 Å². The number of anilines is 1. The van der Waals surface area contributed by atoms with E-state index in [1.807, 2.05) is 66.7 Å². The zero-order valence-corrected chi connectivity index (χ0v) is 20.8. The highest BCUT2D eigenvalue weighted by atomic mass is 19.4. The van der Waals surface area contributed by atoms with Crippen LogP contribution in [-0.4, -0.2) is 46.3 Å². The van der Waals surface area contributed by atoms with Crippen LogP contribution in [0.2, 0.25) is 0 Å². The first-order valence-corrected chi connectivity index (χ1v) is 12.0. The van der Waals surface area contributed by atoms with Gasteiger partial charge in [0.2, 0.25) is 5.91 Å². The number of hydrazone groups is 1. The Morgan fingerprint density at radius 3 is 2.27 bits per heavy atom. The molecule has 0 spiro atoms. The number of aryl methyl sites for hydroxylation is 1. The summed E-state index contributed by atoms with van der Waals surface area (Å²) in [6.07, 6.45) is -2.21. The molecule has 2 amide bonds. The SMILES string of the molecule is N[C@@H](CCc1ccccc1)C(=O)Nc1cc2c3c(c(-c4ccccc4)[nH]c3c1)C=NNC2=O.O=C(O)C(F)(F)F. The number of halogens is 3. The van der Waals surface area contributed by atoms with Crippen molar-refractivity contribution in [3.63, 3.8) is 0 Å². The predicted molar refractivity (Wildman–Crippen MR) is 144 cm³/mol. The van der Waals surface area contributed by atoms with Gasteiger partial charge >= 0.3 is 12.1 Å². The molecule has 12 heteroatoms. The fourth-order valence-electron chi connectivity index (χ4n) is 4.12. The number of aliphatic carboxylic acids is 1. The second kappa shape index (κ2) is 11.8. The van der Waals surface area contributed by atoms with Crippen molar-refractivity contribution in [2.45, 2.75) is 25.1 Å². The van der Waals surface area contributed by atoms with Crippen LogP contribution >= 0.6 is 0 Å². The molecule has 0 saturated carbocycles. The molecule has 9 nitrogen and oxygen atoms in total. The molecule has 2 heterocycles. The number of hydrogen-bond donors (Lipinski definition) is 5. The average molecular weight is 552 g/mol. The fourth-order valence-corrected chi connectivity index (χ4v) is 4.12. The number of hydrogen-bond acceptors (Lipinski definition) is 5. The van der Waals surface area contributed by atoms with Gasteiger partial charge in [0.1, 0.15) is 0 Å². The molecule has 0 fully saturated rings. The third-order valence-corrected chi connectivity index (χ3v) is 6.04. The van der Waals surface area contributed by atoms with E-state index in [2.05, 4.69) is 20.8 Å². The Morgan fingerprint density at radius 1 is 1.02 bits per heavy atom. The summed E-state index contributed by atoms with van der Waals surface area (Å²) in [7, 11) is 0. The van der Waals surface area contributed by atoms with Gasteiger partial charge in [0.05, 0.1) is 23.5 Å². The van der Waals surface area contributed by atoms with Crippen molar-refractivity contribution < 1.29 is 32.7 Å². The minimum Gasteiger partial charge on any atom is -0.475 e. The summed E-state index contributed by atoms with van der Waals surface area (Å²) < 4.78 is 31.7. The number of nitrogens with one attached hydrogen (secondary N) is 3. The van der Waals surface area contributed by atoms with Gasteiger partial charge in [-0.15, -0.1) is 0 Å². The number of nitrogens with two attached hydrogens (primary N) is 1. The van der Waals surface area contributed by atoms with Crippen molar-refractivity contribution in [2.24, 2.45) is 10.8 Å². The van der Waals surface area contributed by atoms with Gasteiger partial charge in [0, 0.05) is 22.2 Å². The zero-order chi connectivity index (χ0) is 28.9. The van der Waals surface area contributed by atoms with E-state index in [-0.39, 0.29) is 11.8 Å². The van der Waals surface area contributed by atoms with E-state index < -0.39 is 18.2 Å². The molecule has 0 radical (unpaired) electrons. The van der Waals surface area contributed by atoms with Gasteiger partial charge in [-0.05, 0) is 36.1 Å². The molecule has 0 bridgehead atoms. The molecule has 1 aromatic heterocycles. The molecule has 4 aromatic rings. The fraction of sp³-hybridized carbons (Fsp3) is 0.143. The lowest BCUT2D eigenvalue weighted by atomic mass is 10.0. The number of aromatic nitrogens is 1. The lowest BCUT2D eigenvalue weighted by Crippen LogP contribution is -2.36. The Labute approximate surface area is 225 Å². The van der Waals surface area contributed by atoms with E-state index in [9.17, 15) is 22.8 Å². The Kier molecular flexibility index (Phi) is 8.29. The van der Waals surface area contributed by atoms with Crippen molar-refractivity contribution in [1.29, 1.82) is 0 Å². The van der Waals surface area contributed by atoms with Gasteiger partial charge < -0.3 is 21.1 Å². The van der Waals surface area contributed by atoms with Crippen LogP contribution in [0.1, 0.15) is 27.9 Å². The first-order valence-electron chi connectivity index (χ1n) is 12.0. The van der Waals surface area contributed by atoms with Crippen LogP contribution in [0.15, 0.2) is 77.9 Å². The first kappa shape index (κ1) is 28.0. The summed E-state index contributed by atoms with van der Waals surface area (Å²) >= 11 is 0. The summed E-state index contributed by atoms with van der Waals surface area (Å²) in [6, 6.07) is 22.6. The van der Waals surface area contributed by atoms with Gasteiger partial charge in [-0.3, -0.25) is 9.59 Å². The van der Waals surface area contributed by atoms with E-state index in [0.717, 1.165) is 33.3 Å². The van der Waals surface area contributed by atoms with Crippen molar-refractivity contribution in [3.05, 3.63) is 89.5 Å². The second-order valence-corrected chi connectivity index (χ2v) is 8.85. The summed E-state index contributed by atoms with van der Waals surface area (Å²) in [5.41, 5.74) is 14.1. The Morgan fingerprint density at radius 2 is 1.65 bits per heavy atom. The van der Waals surface area contributed by atoms with Gasteiger partial charge in [-0.1, -0.05) is 60.7 Å². The largest absolute Gasteiger partial charge is 0.490 e. The number of alkyl halides is 3. The molecule has 1 aliphatic rings. The monoisotopic (exact) mass is 551 g/mol. The van der Waals surface area contributed by atoms with E-state index in [4.69, 9.17) is 15.6 Å². The molecular weight excluding hydrogens is 527 g/mol. The van der Waals surface area contributed by atoms with Gasteiger partial charge in [-0.25, -0.2) is 10.2 Å². The van der Waals surface area contributed by atoms with Crippen LogP contribution in [0, 0.1) is 0 Å². The minimum absolute atomic E-state index is 0.294. The number of aromatic amines is 1. The Hall–Kier alpha value is -4.97. The zero-order valence-electron chi connectivity index (χ0n) is 20.8. The molecular formula is C28H24F3N5O4. The lowest BCUT2D eigenvalue weighted by Gasteiger charge is -2.13. The highest BCUT2D eigenvalue weighted by Gasteiger charge is 2.38. The van der Waals surface area contributed by atoms with Crippen LogP contribution in [0.5, 0.6) is 0 Å². The second-order valence-electron chi connectivity index (χ2n) is 8.85. The number of carbonyl (C=O) groups excluding carboxylic acids is 2. The van der Waals surface area contributed by atoms with Crippen LogP contribution in [0.3, 0.4) is 0 Å². The van der Waals surface area contributed by atoms with Gasteiger partial charge in [-0.2, -0.15) is 18.3 Å². The maximum absolute atomic E-state index is 12.8. The molecule has 0 unspecified atom stereocenters. The Bertz CT molecular complexity index is 1570. The molecule has 5 rings (SSSR count). The predicted octanol–water partition coefficient (Wildman–Crippen LogP) is 4.44. The lowest BCUT2D eigenvalue weighted by molar-refractivity contribution is -0.192. The Balaban J connectivity index is 0.000000470. The quantitative estimate of drug-likeness (QED) is 0.240. The number of carbonyl (C=O) groups is 3. The number of nitrogens with zero attached hydrogens (tertiary/aromatic N) is 1. The molecule has 1 aliphatic heterocycles. The normalized spacial score (nSPS) is 13.1. The summed E-state index contributed by atoms with van der Waals surface area (Å²) in [5.74, 6) is -3.39. The van der Waals surface area contributed by atoms with Crippen LogP contribution in [0.4, 0.5) is 18.9 Å². The number of amides is 2. The highest BCUT2D eigenvalue weighted by molar-refractivity contribution is 6.18. The van der Waals surface area contributed by atoms with Gasteiger partial charge in [0.15, 0.2) is 0 Å². The van der Waals surface area contributed by atoms with E-state index in [0.29, 0.717) is 24.1 Å². The first-order chi connectivity index (χ1) is 19.0. The molecule has 206 valence electrons. The summed E-state index contributed by atoms with van der Waals surface area (Å²) in [6.45, 7) is 0. The van der Waals surface area contributed by atoms with Crippen LogP contribution in [0.25, 0.3) is 22.2 Å². The number of benzene rings is 3. The highest BCUT2D eigenvalue weighted by Crippen LogP contribution is 2.34. The van der Waals surface area contributed by atoms with Crippen LogP contribution in [-0.2, 0) is 16.0 Å². The van der Waals surface area contributed by atoms with Crippen molar-refractivity contribution in [1.82, 2.24) is 10.4 Å². The summed E-state index contributed by atoms with van der Waals surface area (Å²) in [4.78, 5) is 37.7. The van der Waals surface area contributed by atoms with E-state index in [1.54, 1.807) is 12.3 Å². The van der Waals surface area contributed by atoms with Crippen molar-refractivity contribution in [2.75, 3.05) is 5.32 Å². The molecule has 0 aliphatic carbocycles. The molecule has 0 saturated heterocycles. The molecule has 40 heavy (non-hydrogen) atoms. The third kappa shape index (κ3) is 6.53. The smallest absolute Gasteiger partial charge is 0.475 e. The molecule has 3 aromatic carbocycles. The summed E-state index contributed by atoms with van der Waals surface area (Å²) in [5, 5.41) is 14.8. The molecule has 1 atom stereocenters.